The molecule has 0 radical (unpaired) electrons. The molecule has 0 aliphatic rings. The summed E-state index contributed by atoms with van der Waals surface area (Å²) < 4.78 is 14.7. The molecular weight excluding hydrogens is 280 g/mol. The zero-order valence-electron chi connectivity index (χ0n) is 11.1. The van der Waals surface area contributed by atoms with E-state index in [9.17, 15) is 9.90 Å². The van der Waals surface area contributed by atoms with Crippen LogP contribution in [0.3, 0.4) is 0 Å². The molecule has 1 heterocycles. The van der Waals surface area contributed by atoms with E-state index in [-0.39, 0.29) is 11.3 Å². The van der Waals surface area contributed by atoms with Crippen LogP contribution in [0.15, 0.2) is 18.2 Å². The van der Waals surface area contributed by atoms with Crippen LogP contribution in [0.2, 0.25) is 0 Å². The predicted molar refractivity (Wildman–Crippen MR) is 73.9 cm³/mol. The van der Waals surface area contributed by atoms with Crippen molar-refractivity contribution in [1.82, 2.24) is 9.36 Å². The average Bonchev–Trinajstić information content (AvgIpc) is 2.87. The molecule has 0 saturated carbocycles. The lowest BCUT2D eigenvalue weighted by molar-refractivity contribution is 0.0693. The van der Waals surface area contributed by atoms with Gasteiger partial charge in [-0.3, -0.25) is 0 Å². The number of carbonyl (C=O) groups is 1. The Morgan fingerprint density at radius 1 is 1.45 bits per heavy atom. The summed E-state index contributed by atoms with van der Waals surface area (Å²) in [4.78, 5) is 15.4. The molecule has 0 aliphatic carbocycles. The van der Waals surface area contributed by atoms with Gasteiger partial charge in [0.15, 0.2) is 0 Å². The monoisotopic (exact) mass is 294 g/mol. The molecule has 1 N–H and O–H groups in total. The van der Waals surface area contributed by atoms with Crippen LogP contribution in [-0.4, -0.2) is 27.5 Å². The first-order chi connectivity index (χ1) is 9.63. The Labute approximate surface area is 120 Å². The van der Waals surface area contributed by atoms with Gasteiger partial charge in [0.2, 0.25) is 0 Å². The summed E-state index contributed by atoms with van der Waals surface area (Å²) in [7, 11) is 1.48. The lowest BCUT2D eigenvalue weighted by atomic mass is 10.2. The van der Waals surface area contributed by atoms with Crippen molar-refractivity contribution in [3.63, 3.8) is 0 Å². The van der Waals surface area contributed by atoms with Crippen molar-refractivity contribution in [3.8, 4) is 16.7 Å². The van der Waals surface area contributed by atoms with Gasteiger partial charge in [-0.15, -0.1) is 0 Å². The van der Waals surface area contributed by atoms with Crippen molar-refractivity contribution in [2.45, 2.75) is 19.8 Å². The standard InChI is InChI=1S/C13H14N2O4S/c1-3-4-11-14-13(20-15-11)19-10-6-5-8(18-2)7-9(10)12(16)17/h5-7H,3-4H2,1-2H3,(H,16,17). The maximum atomic E-state index is 11.2. The van der Waals surface area contributed by atoms with Gasteiger partial charge < -0.3 is 14.6 Å². The van der Waals surface area contributed by atoms with Crippen molar-refractivity contribution in [2.24, 2.45) is 0 Å². The number of rotatable bonds is 6. The molecule has 1 aromatic heterocycles. The number of aryl methyl sites for hydroxylation is 1. The van der Waals surface area contributed by atoms with E-state index in [1.807, 2.05) is 6.92 Å². The molecule has 0 unspecified atom stereocenters. The van der Waals surface area contributed by atoms with Crippen LogP contribution in [0, 0.1) is 0 Å². The number of aromatic carboxylic acids is 1. The fourth-order valence-corrected chi connectivity index (χ4v) is 2.18. The maximum absolute atomic E-state index is 11.2. The average molecular weight is 294 g/mol. The van der Waals surface area contributed by atoms with Gasteiger partial charge in [0, 0.05) is 18.0 Å². The quantitative estimate of drug-likeness (QED) is 0.882. The van der Waals surface area contributed by atoms with Gasteiger partial charge in [0.1, 0.15) is 22.9 Å². The summed E-state index contributed by atoms with van der Waals surface area (Å²) >= 11 is 1.11. The van der Waals surface area contributed by atoms with Crippen LogP contribution in [0.25, 0.3) is 0 Å². The lowest BCUT2D eigenvalue weighted by Gasteiger charge is -2.07. The Kier molecular flexibility index (Phi) is 4.52. The van der Waals surface area contributed by atoms with Crippen molar-refractivity contribution < 1.29 is 19.4 Å². The summed E-state index contributed by atoms with van der Waals surface area (Å²) in [6.07, 6.45) is 1.72. The topological polar surface area (TPSA) is 81.5 Å². The molecule has 0 saturated heterocycles. The first-order valence-electron chi connectivity index (χ1n) is 6.05. The van der Waals surface area contributed by atoms with Gasteiger partial charge >= 0.3 is 5.97 Å². The lowest BCUT2D eigenvalue weighted by Crippen LogP contribution is -2.00. The highest BCUT2D eigenvalue weighted by atomic mass is 32.1. The van der Waals surface area contributed by atoms with Gasteiger partial charge in [0.25, 0.3) is 5.19 Å². The predicted octanol–water partition coefficient (Wildman–Crippen LogP) is 2.99. The molecule has 2 aromatic rings. The van der Waals surface area contributed by atoms with Gasteiger partial charge in [-0.1, -0.05) is 6.92 Å². The second kappa shape index (κ2) is 6.33. The zero-order valence-corrected chi connectivity index (χ0v) is 11.9. The summed E-state index contributed by atoms with van der Waals surface area (Å²) in [5.41, 5.74) is 0.0246. The molecule has 0 bridgehead atoms. The normalized spacial score (nSPS) is 10.3. The summed E-state index contributed by atoms with van der Waals surface area (Å²) in [5.74, 6) is 0.297. The first-order valence-corrected chi connectivity index (χ1v) is 6.83. The Morgan fingerprint density at radius 3 is 2.90 bits per heavy atom. The van der Waals surface area contributed by atoms with Crippen molar-refractivity contribution in [1.29, 1.82) is 0 Å². The minimum absolute atomic E-state index is 0.0246. The smallest absolute Gasteiger partial charge is 0.339 e. The van der Waals surface area contributed by atoms with E-state index in [0.29, 0.717) is 16.8 Å². The van der Waals surface area contributed by atoms with Crippen LogP contribution in [-0.2, 0) is 6.42 Å². The van der Waals surface area contributed by atoms with Crippen LogP contribution in [0.4, 0.5) is 0 Å². The third-order valence-electron chi connectivity index (χ3n) is 2.54. The molecule has 7 heteroatoms. The summed E-state index contributed by atoms with van der Waals surface area (Å²) in [6.45, 7) is 2.04. The highest BCUT2D eigenvalue weighted by Crippen LogP contribution is 2.29. The number of ether oxygens (including phenoxy) is 2. The highest BCUT2D eigenvalue weighted by Gasteiger charge is 2.15. The Hall–Kier alpha value is -2.15. The molecular formula is C13H14N2O4S. The van der Waals surface area contributed by atoms with E-state index >= 15 is 0 Å². The van der Waals surface area contributed by atoms with E-state index in [2.05, 4.69) is 9.36 Å². The van der Waals surface area contributed by atoms with E-state index in [1.54, 1.807) is 12.1 Å². The van der Waals surface area contributed by atoms with Crippen LogP contribution < -0.4 is 9.47 Å². The van der Waals surface area contributed by atoms with E-state index < -0.39 is 5.97 Å². The Balaban J connectivity index is 2.25. The fraction of sp³-hybridized carbons (Fsp3) is 0.308. The number of hydrogen-bond acceptors (Lipinski definition) is 6. The molecule has 20 heavy (non-hydrogen) atoms. The molecule has 0 amide bonds. The minimum atomic E-state index is -1.09. The molecule has 0 fully saturated rings. The number of carboxylic acids is 1. The molecule has 2 rings (SSSR count). The number of benzene rings is 1. The molecule has 1 aromatic carbocycles. The number of carboxylic acid groups (broad SMARTS) is 1. The number of aromatic nitrogens is 2. The second-order valence-corrected chi connectivity index (χ2v) is 4.71. The van der Waals surface area contributed by atoms with Gasteiger partial charge in [0.05, 0.1) is 7.11 Å². The maximum Gasteiger partial charge on any atom is 0.339 e. The third-order valence-corrected chi connectivity index (χ3v) is 3.17. The van der Waals surface area contributed by atoms with Gasteiger partial charge in [-0.05, 0) is 24.6 Å². The van der Waals surface area contributed by atoms with Crippen LogP contribution in [0.5, 0.6) is 16.7 Å². The molecule has 0 aliphatic heterocycles. The molecule has 106 valence electrons. The number of nitrogens with zero attached hydrogens (tertiary/aromatic N) is 2. The molecule has 0 atom stereocenters. The third kappa shape index (κ3) is 3.24. The first kappa shape index (κ1) is 14.3. The van der Waals surface area contributed by atoms with Crippen molar-refractivity contribution >= 4 is 17.5 Å². The summed E-state index contributed by atoms with van der Waals surface area (Å²) in [6, 6.07) is 4.59. The SMILES string of the molecule is CCCc1nsc(Oc2ccc(OC)cc2C(=O)O)n1. The minimum Gasteiger partial charge on any atom is -0.497 e. The Bertz CT molecular complexity index is 612. The Morgan fingerprint density at radius 2 is 2.25 bits per heavy atom. The fourth-order valence-electron chi connectivity index (χ4n) is 1.59. The summed E-state index contributed by atoms with van der Waals surface area (Å²) in [5, 5.41) is 9.52. The second-order valence-electron chi connectivity index (χ2n) is 4.00. The molecule has 0 spiro atoms. The number of hydrogen-bond donors (Lipinski definition) is 1. The van der Waals surface area contributed by atoms with Crippen LogP contribution >= 0.6 is 11.5 Å². The van der Waals surface area contributed by atoms with E-state index in [0.717, 1.165) is 24.4 Å². The largest absolute Gasteiger partial charge is 0.497 e. The highest BCUT2D eigenvalue weighted by molar-refractivity contribution is 7.07. The molecule has 6 nitrogen and oxygen atoms in total. The van der Waals surface area contributed by atoms with E-state index in [1.165, 1.54) is 13.2 Å². The van der Waals surface area contributed by atoms with Crippen molar-refractivity contribution in [2.75, 3.05) is 7.11 Å². The van der Waals surface area contributed by atoms with E-state index in [4.69, 9.17) is 9.47 Å². The van der Waals surface area contributed by atoms with Gasteiger partial charge in [-0.2, -0.15) is 9.36 Å². The van der Waals surface area contributed by atoms with Crippen LogP contribution in [0.1, 0.15) is 29.5 Å². The van der Waals surface area contributed by atoms with Gasteiger partial charge in [-0.25, -0.2) is 4.79 Å². The number of methoxy groups -OCH3 is 1. The zero-order chi connectivity index (χ0) is 14.5. The van der Waals surface area contributed by atoms with Crippen molar-refractivity contribution in [3.05, 3.63) is 29.6 Å².